The van der Waals surface area contributed by atoms with Crippen molar-refractivity contribution in [3.63, 3.8) is 0 Å². The molecule has 1 aliphatic carbocycles. The molecule has 25 heavy (non-hydrogen) atoms. The average Bonchev–Trinajstić information content (AvgIpc) is 3.42. The van der Waals surface area contributed by atoms with Crippen LogP contribution in [0.2, 0.25) is 0 Å². The Kier molecular flexibility index (Phi) is 5.08. The molecule has 5 nitrogen and oxygen atoms in total. The van der Waals surface area contributed by atoms with E-state index in [2.05, 4.69) is 26.6 Å². The topological polar surface area (TPSA) is 67.4 Å². The summed E-state index contributed by atoms with van der Waals surface area (Å²) >= 11 is 3.38. The minimum absolute atomic E-state index is 0.0469. The van der Waals surface area contributed by atoms with Crippen LogP contribution < -0.4 is 15.4 Å². The number of halogens is 1. The van der Waals surface area contributed by atoms with Crippen molar-refractivity contribution in [3.05, 3.63) is 52.0 Å². The van der Waals surface area contributed by atoms with Crippen LogP contribution in [0.4, 0.5) is 11.4 Å². The van der Waals surface area contributed by atoms with Gasteiger partial charge in [0.05, 0.1) is 11.6 Å². The van der Waals surface area contributed by atoms with E-state index in [0.717, 1.165) is 24.1 Å². The molecule has 0 spiro atoms. The van der Waals surface area contributed by atoms with Gasteiger partial charge in [-0.05, 0) is 71.6 Å². The van der Waals surface area contributed by atoms with Crippen LogP contribution in [0.15, 0.2) is 40.9 Å². The highest BCUT2D eigenvalue weighted by Gasteiger charge is 2.29. The van der Waals surface area contributed by atoms with Gasteiger partial charge < -0.3 is 15.4 Å². The molecule has 2 aromatic rings. The number of benzene rings is 2. The fraction of sp³-hybridized carbons (Fsp3) is 0.263. The molecule has 2 N–H and O–H groups in total. The first-order valence-electron chi connectivity index (χ1n) is 8.04. The molecule has 0 heterocycles. The van der Waals surface area contributed by atoms with E-state index < -0.39 is 0 Å². The summed E-state index contributed by atoms with van der Waals surface area (Å²) in [6.07, 6.45) is 1.90. The van der Waals surface area contributed by atoms with Crippen LogP contribution in [-0.2, 0) is 4.79 Å². The van der Waals surface area contributed by atoms with Crippen LogP contribution in [0.1, 0.15) is 28.8 Å². The monoisotopic (exact) mass is 402 g/mol. The highest BCUT2D eigenvalue weighted by atomic mass is 79.9. The number of carbonyl (C=O) groups excluding carboxylic acids is 2. The van der Waals surface area contributed by atoms with Gasteiger partial charge in [0.15, 0.2) is 0 Å². The Morgan fingerprint density at radius 1 is 1.12 bits per heavy atom. The summed E-state index contributed by atoms with van der Waals surface area (Å²) in [5.74, 6) is 0.614. The summed E-state index contributed by atoms with van der Waals surface area (Å²) in [6, 6.07) is 10.6. The Morgan fingerprint density at radius 3 is 2.52 bits per heavy atom. The van der Waals surface area contributed by atoms with Gasteiger partial charge in [-0.25, -0.2) is 0 Å². The third-order valence-corrected chi connectivity index (χ3v) is 4.74. The smallest absolute Gasteiger partial charge is 0.255 e. The van der Waals surface area contributed by atoms with E-state index in [1.807, 2.05) is 19.1 Å². The number of ether oxygens (including phenoxy) is 1. The molecule has 2 amide bonds. The molecule has 130 valence electrons. The zero-order valence-corrected chi connectivity index (χ0v) is 15.6. The molecule has 2 aromatic carbocycles. The zero-order valence-electron chi connectivity index (χ0n) is 14.1. The standard InChI is InChI=1S/C19H19BrN2O3/c1-11-3-7-14(10-16(11)22-18(23)12-4-5-12)21-19(24)13-6-8-17(25-2)15(20)9-13/h3,6-10,12H,4-5H2,1-2H3,(H,21,24)(H,22,23). The third-order valence-electron chi connectivity index (χ3n) is 4.12. The maximum Gasteiger partial charge on any atom is 0.255 e. The quantitative estimate of drug-likeness (QED) is 0.779. The van der Waals surface area contributed by atoms with Gasteiger partial charge in [-0.2, -0.15) is 0 Å². The SMILES string of the molecule is COc1ccc(C(=O)Nc2ccc(C)c(NC(=O)C3CC3)c2)cc1Br. The van der Waals surface area contributed by atoms with E-state index in [1.54, 1.807) is 31.4 Å². The minimum atomic E-state index is -0.230. The van der Waals surface area contributed by atoms with E-state index in [1.165, 1.54) is 0 Å². The minimum Gasteiger partial charge on any atom is -0.496 e. The van der Waals surface area contributed by atoms with E-state index in [0.29, 0.717) is 21.5 Å². The van der Waals surface area contributed by atoms with Crippen LogP contribution in [-0.4, -0.2) is 18.9 Å². The number of amides is 2. The number of hydrogen-bond donors (Lipinski definition) is 2. The predicted molar refractivity (Wildman–Crippen MR) is 101 cm³/mol. The van der Waals surface area contributed by atoms with Gasteiger partial charge in [0.1, 0.15) is 5.75 Å². The zero-order chi connectivity index (χ0) is 18.0. The number of anilines is 2. The van der Waals surface area contributed by atoms with Gasteiger partial charge in [-0.15, -0.1) is 0 Å². The van der Waals surface area contributed by atoms with Gasteiger partial charge in [-0.3, -0.25) is 9.59 Å². The van der Waals surface area contributed by atoms with Gasteiger partial charge >= 0.3 is 0 Å². The second kappa shape index (κ2) is 7.27. The van der Waals surface area contributed by atoms with Crippen molar-refractivity contribution in [1.29, 1.82) is 0 Å². The van der Waals surface area contributed by atoms with E-state index >= 15 is 0 Å². The molecule has 0 unspecified atom stereocenters. The first-order chi connectivity index (χ1) is 12.0. The Hall–Kier alpha value is -2.34. The van der Waals surface area contributed by atoms with E-state index in [-0.39, 0.29) is 17.7 Å². The van der Waals surface area contributed by atoms with Crippen molar-refractivity contribution in [2.45, 2.75) is 19.8 Å². The van der Waals surface area contributed by atoms with Crippen molar-refractivity contribution in [2.24, 2.45) is 5.92 Å². The van der Waals surface area contributed by atoms with Crippen molar-refractivity contribution in [2.75, 3.05) is 17.7 Å². The molecule has 1 saturated carbocycles. The Bertz CT molecular complexity index is 831. The number of carbonyl (C=O) groups is 2. The van der Waals surface area contributed by atoms with Crippen LogP contribution in [0.3, 0.4) is 0 Å². The number of methoxy groups -OCH3 is 1. The van der Waals surface area contributed by atoms with Crippen molar-refractivity contribution < 1.29 is 14.3 Å². The third kappa shape index (κ3) is 4.20. The lowest BCUT2D eigenvalue weighted by molar-refractivity contribution is -0.117. The summed E-state index contributed by atoms with van der Waals surface area (Å²) in [7, 11) is 1.57. The van der Waals surface area contributed by atoms with Crippen LogP contribution in [0.5, 0.6) is 5.75 Å². The summed E-state index contributed by atoms with van der Waals surface area (Å²) in [6.45, 7) is 1.93. The second-order valence-corrected chi connectivity index (χ2v) is 6.95. The fourth-order valence-electron chi connectivity index (χ4n) is 2.43. The van der Waals surface area contributed by atoms with Crippen molar-refractivity contribution in [1.82, 2.24) is 0 Å². The van der Waals surface area contributed by atoms with Gasteiger partial charge in [0.25, 0.3) is 5.91 Å². The number of hydrogen-bond acceptors (Lipinski definition) is 3. The lowest BCUT2D eigenvalue weighted by Gasteiger charge is -2.12. The molecule has 6 heteroatoms. The van der Waals surface area contributed by atoms with E-state index in [9.17, 15) is 9.59 Å². The molecule has 1 aliphatic rings. The molecular weight excluding hydrogens is 384 g/mol. The largest absolute Gasteiger partial charge is 0.496 e. The number of rotatable bonds is 5. The van der Waals surface area contributed by atoms with Crippen molar-refractivity contribution in [3.8, 4) is 5.75 Å². The number of aryl methyl sites for hydroxylation is 1. The molecule has 0 radical (unpaired) electrons. The maximum absolute atomic E-state index is 12.4. The molecule has 0 aliphatic heterocycles. The normalized spacial score (nSPS) is 13.2. The molecule has 0 aromatic heterocycles. The lowest BCUT2D eigenvalue weighted by atomic mass is 10.1. The maximum atomic E-state index is 12.4. The molecule has 0 bridgehead atoms. The Morgan fingerprint density at radius 2 is 1.88 bits per heavy atom. The van der Waals surface area contributed by atoms with E-state index in [4.69, 9.17) is 4.74 Å². The summed E-state index contributed by atoms with van der Waals surface area (Å²) in [5, 5.41) is 5.79. The molecule has 0 saturated heterocycles. The molecule has 1 fully saturated rings. The van der Waals surface area contributed by atoms with Gasteiger partial charge in [0, 0.05) is 22.9 Å². The summed E-state index contributed by atoms with van der Waals surface area (Å²) in [5.41, 5.74) is 2.83. The van der Waals surface area contributed by atoms with Crippen LogP contribution in [0.25, 0.3) is 0 Å². The van der Waals surface area contributed by atoms with Crippen LogP contribution in [0, 0.1) is 12.8 Å². The highest BCUT2D eigenvalue weighted by molar-refractivity contribution is 9.10. The highest BCUT2D eigenvalue weighted by Crippen LogP contribution is 2.31. The molecule has 0 atom stereocenters. The first-order valence-corrected chi connectivity index (χ1v) is 8.83. The first kappa shape index (κ1) is 17.5. The molecule has 3 rings (SSSR count). The van der Waals surface area contributed by atoms with Gasteiger partial charge in [0.2, 0.25) is 5.91 Å². The van der Waals surface area contributed by atoms with Gasteiger partial charge in [-0.1, -0.05) is 6.07 Å². The summed E-state index contributed by atoms with van der Waals surface area (Å²) in [4.78, 5) is 24.4. The average molecular weight is 403 g/mol. The predicted octanol–water partition coefficient (Wildman–Crippen LogP) is 4.37. The second-order valence-electron chi connectivity index (χ2n) is 6.10. The summed E-state index contributed by atoms with van der Waals surface area (Å²) < 4.78 is 5.88. The Labute approximate surface area is 154 Å². The Balaban J connectivity index is 1.74. The fourth-order valence-corrected chi connectivity index (χ4v) is 2.97. The lowest BCUT2D eigenvalue weighted by Crippen LogP contribution is -2.15. The van der Waals surface area contributed by atoms with Crippen molar-refractivity contribution >= 4 is 39.1 Å². The molecular formula is C19H19BrN2O3. The van der Waals surface area contributed by atoms with Crippen LogP contribution >= 0.6 is 15.9 Å². The number of nitrogens with one attached hydrogen (secondary N) is 2.